The number of carbonyl (C=O) groups excluding carboxylic acids is 1. The van der Waals surface area contributed by atoms with Crippen LogP contribution >= 0.6 is 0 Å². The van der Waals surface area contributed by atoms with Gasteiger partial charge >= 0.3 is 0 Å². The number of nitrogens with zero attached hydrogens (tertiary/aromatic N) is 1. The zero-order chi connectivity index (χ0) is 13.0. The van der Waals surface area contributed by atoms with E-state index < -0.39 is 0 Å². The second-order valence-corrected chi connectivity index (χ2v) is 4.29. The van der Waals surface area contributed by atoms with Crippen LogP contribution in [0.1, 0.15) is 24.1 Å². The van der Waals surface area contributed by atoms with E-state index in [0.717, 1.165) is 11.3 Å². The highest BCUT2D eigenvalue weighted by molar-refractivity contribution is 5.94. The SMILES string of the molecule is Cc1cccc(NC(=O)[C@H](C)c2ccccc2)n1. The first-order valence-electron chi connectivity index (χ1n) is 5.96. The summed E-state index contributed by atoms with van der Waals surface area (Å²) < 4.78 is 0. The van der Waals surface area contributed by atoms with Gasteiger partial charge in [-0.25, -0.2) is 4.98 Å². The van der Waals surface area contributed by atoms with Crippen molar-refractivity contribution < 1.29 is 4.79 Å². The van der Waals surface area contributed by atoms with Gasteiger partial charge in [-0.2, -0.15) is 0 Å². The summed E-state index contributed by atoms with van der Waals surface area (Å²) in [5.74, 6) is 0.371. The average Bonchev–Trinajstić information content (AvgIpc) is 2.39. The smallest absolute Gasteiger partial charge is 0.232 e. The number of pyridine rings is 1. The number of amides is 1. The Kier molecular flexibility index (Phi) is 3.72. The first-order chi connectivity index (χ1) is 8.66. The maximum absolute atomic E-state index is 12.1. The lowest BCUT2D eigenvalue weighted by molar-refractivity contribution is -0.117. The standard InChI is InChI=1S/C15H16N2O/c1-11-7-6-10-14(16-11)17-15(18)12(2)13-8-4-3-5-9-13/h3-10,12H,1-2H3,(H,16,17,18)/t12-/m1/s1. The second kappa shape index (κ2) is 5.45. The van der Waals surface area contributed by atoms with Gasteiger partial charge in [0, 0.05) is 5.69 Å². The fourth-order valence-electron chi connectivity index (χ4n) is 1.74. The molecule has 18 heavy (non-hydrogen) atoms. The van der Waals surface area contributed by atoms with Crippen LogP contribution in [0.4, 0.5) is 5.82 Å². The predicted molar refractivity (Wildman–Crippen MR) is 72.5 cm³/mol. The van der Waals surface area contributed by atoms with Crippen molar-refractivity contribution in [3.8, 4) is 0 Å². The largest absolute Gasteiger partial charge is 0.310 e. The summed E-state index contributed by atoms with van der Waals surface area (Å²) in [6, 6.07) is 15.3. The Labute approximate surface area is 107 Å². The fraction of sp³-hybridized carbons (Fsp3) is 0.200. The summed E-state index contributed by atoms with van der Waals surface area (Å²) in [7, 11) is 0. The summed E-state index contributed by atoms with van der Waals surface area (Å²) in [6.07, 6.45) is 0. The quantitative estimate of drug-likeness (QED) is 0.895. The Hall–Kier alpha value is -2.16. The van der Waals surface area contributed by atoms with Gasteiger partial charge in [-0.1, -0.05) is 36.4 Å². The van der Waals surface area contributed by atoms with Crippen molar-refractivity contribution in [2.75, 3.05) is 5.32 Å². The maximum atomic E-state index is 12.1. The third-order valence-electron chi connectivity index (χ3n) is 2.83. The van der Waals surface area contributed by atoms with Crippen LogP contribution in [0.2, 0.25) is 0 Å². The number of hydrogen-bond donors (Lipinski definition) is 1. The average molecular weight is 240 g/mol. The molecule has 2 aromatic rings. The van der Waals surface area contributed by atoms with Crippen molar-refractivity contribution in [1.29, 1.82) is 0 Å². The molecule has 92 valence electrons. The summed E-state index contributed by atoms with van der Waals surface area (Å²) in [5.41, 5.74) is 1.89. The van der Waals surface area contributed by atoms with Crippen molar-refractivity contribution in [2.45, 2.75) is 19.8 Å². The van der Waals surface area contributed by atoms with Crippen LogP contribution in [0.3, 0.4) is 0 Å². The molecule has 0 saturated carbocycles. The van der Waals surface area contributed by atoms with Crippen LogP contribution in [0.15, 0.2) is 48.5 Å². The number of aromatic nitrogens is 1. The minimum absolute atomic E-state index is 0.0423. The van der Waals surface area contributed by atoms with Crippen LogP contribution in [-0.2, 0) is 4.79 Å². The molecule has 2 rings (SSSR count). The predicted octanol–water partition coefficient (Wildman–Crippen LogP) is 3.13. The number of nitrogens with one attached hydrogen (secondary N) is 1. The normalized spacial score (nSPS) is 11.9. The summed E-state index contributed by atoms with van der Waals surface area (Å²) in [6.45, 7) is 3.79. The van der Waals surface area contributed by atoms with Gasteiger partial charge in [0.1, 0.15) is 5.82 Å². The lowest BCUT2D eigenvalue weighted by Gasteiger charge is -2.12. The molecule has 0 unspecified atom stereocenters. The molecule has 0 radical (unpaired) electrons. The van der Waals surface area contributed by atoms with E-state index in [9.17, 15) is 4.79 Å². The summed E-state index contributed by atoms with van der Waals surface area (Å²) >= 11 is 0. The Bertz CT molecular complexity index is 537. The molecule has 1 atom stereocenters. The van der Waals surface area contributed by atoms with Gasteiger partial charge in [0.2, 0.25) is 5.91 Å². The van der Waals surface area contributed by atoms with Crippen LogP contribution in [-0.4, -0.2) is 10.9 Å². The van der Waals surface area contributed by atoms with Crippen LogP contribution < -0.4 is 5.32 Å². The molecule has 0 aliphatic rings. The molecule has 0 bridgehead atoms. The van der Waals surface area contributed by atoms with E-state index in [1.54, 1.807) is 6.07 Å². The highest BCUT2D eigenvalue weighted by Crippen LogP contribution is 2.16. The summed E-state index contributed by atoms with van der Waals surface area (Å²) in [4.78, 5) is 16.3. The molecular formula is C15H16N2O. The number of rotatable bonds is 3. The molecule has 1 aromatic heterocycles. The van der Waals surface area contributed by atoms with Crippen molar-refractivity contribution in [1.82, 2.24) is 4.98 Å². The third-order valence-corrected chi connectivity index (χ3v) is 2.83. The van der Waals surface area contributed by atoms with E-state index in [4.69, 9.17) is 0 Å². The maximum Gasteiger partial charge on any atom is 0.232 e. The molecule has 0 fully saturated rings. The molecule has 1 N–H and O–H groups in total. The molecule has 0 aliphatic carbocycles. The van der Waals surface area contributed by atoms with Gasteiger partial charge in [0.25, 0.3) is 0 Å². The molecular weight excluding hydrogens is 224 g/mol. The number of benzene rings is 1. The number of aryl methyl sites for hydroxylation is 1. The summed E-state index contributed by atoms with van der Waals surface area (Å²) in [5, 5.41) is 2.83. The van der Waals surface area contributed by atoms with Crippen molar-refractivity contribution >= 4 is 11.7 Å². The first kappa shape index (κ1) is 12.3. The molecule has 1 aromatic carbocycles. The molecule has 0 saturated heterocycles. The second-order valence-electron chi connectivity index (χ2n) is 4.29. The molecule has 1 heterocycles. The molecule has 0 spiro atoms. The highest BCUT2D eigenvalue weighted by atomic mass is 16.1. The molecule has 3 nitrogen and oxygen atoms in total. The third kappa shape index (κ3) is 2.94. The van der Waals surface area contributed by atoms with Crippen molar-refractivity contribution in [3.63, 3.8) is 0 Å². The van der Waals surface area contributed by atoms with Gasteiger partial charge in [-0.3, -0.25) is 4.79 Å². The Morgan fingerprint density at radius 2 is 1.83 bits per heavy atom. The molecule has 1 amide bonds. The zero-order valence-electron chi connectivity index (χ0n) is 10.6. The first-order valence-corrected chi connectivity index (χ1v) is 5.96. The number of carbonyl (C=O) groups is 1. The van der Waals surface area contributed by atoms with Gasteiger partial charge in [0.05, 0.1) is 5.92 Å². The lowest BCUT2D eigenvalue weighted by Crippen LogP contribution is -2.19. The van der Waals surface area contributed by atoms with Gasteiger partial charge in [-0.05, 0) is 31.5 Å². The Morgan fingerprint density at radius 3 is 2.50 bits per heavy atom. The van der Waals surface area contributed by atoms with Crippen LogP contribution in [0, 0.1) is 6.92 Å². The van der Waals surface area contributed by atoms with Crippen molar-refractivity contribution in [2.24, 2.45) is 0 Å². The van der Waals surface area contributed by atoms with Gasteiger partial charge < -0.3 is 5.32 Å². The van der Waals surface area contributed by atoms with Crippen LogP contribution in [0.5, 0.6) is 0 Å². The van der Waals surface area contributed by atoms with E-state index in [1.807, 2.05) is 56.3 Å². The van der Waals surface area contributed by atoms with Gasteiger partial charge in [-0.15, -0.1) is 0 Å². The fourth-order valence-corrected chi connectivity index (χ4v) is 1.74. The number of anilines is 1. The molecule has 3 heteroatoms. The van der Waals surface area contributed by atoms with E-state index >= 15 is 0 Å². The molecule has 0 aliphatic heterocycles. The number of hydrogen-bond acceptors (Lipinski definition) is 2. The van der Waals surface area contributed by atoms with E-state index in [2.05, 4.69) is 10.3 Å². The van der Waals surface area contributed by atoms with Crippen molar-refractivity contribution in [3.05, 3.63) is 59.8 Å². The minimum atomic E-state index is -0.187. The Morgan fingerprint density at radius 1 is 1.11 bits per heavy atom. The van der Waals surface area contributed by atoms with E-state index in [0.29, 0.717) is 5.82 Å². The topological polar surface area (TPSA) is 42.0 Å². The Balaban J connectivity index is 2.09. The van der Waals surface area contributed by atoms with E-state index in [1.165, 1.54) is 0 Å². The monoisotopic (exact) mass is 240 g/mol. The highest BCUT2D eigenvalue weighted by Gasteiger charge is 2.15. The van der Waals surface area contributed by atoms with E-state index in [-0.39, 0.29) is 11.8 Å². The lowest BCUT2D eigenvalue weighted by atomic mass is 10.0. The van der Waals surface area contributed by atoms with Gasteiger partial charge in [0.15, 0.2) is 0 Å². The van der Waals surface area contributed by atoms with Crippen LogP contribution in [0.25, 0.3) is 0 Å². The minimum Gasteiger partial charge on any atom is -0.310 e. The zero-order valence-corrected chi connectivity index (χ0v) is 10.6.